The second kappa shape index (κ2) is 4.99. The Morgan fingerprint density at radius 1 is 1.29 bits per heavy atom. The molecular formula is C14H21BrN2. The number of rotatable bonds is 2. The largest absolute Gasteiger partial charge is 0.371 e. The Kier molecular flexibility index (Phi) is 3.79. The van der Waals surface area contributed by atoms with Crippen LogP contribution in [0.2, 0.25) is 0 Å². The van der Waals surface area contributed by atoms with Crippen LogP contribution in [-0.2, 0) is 0 Å². The first-order valence-corrected chi connectivity index (χ1v) is 7.08. The molecule has 0 saturated carbocycles. The Balaban J connectivity index is 2.21. The van der Waals surface area contributed by atoms with E-state index in [1.807, 2.05) is 6.92 Å². The first-order valence-electron chi connectivity index (χ1n) is 6.29. The summed E-state index contributed by atoms with van der Waals surface area (Å²) in [6, 6.07) is 6.60. The highest BCUT2D eigenvalue weighted by Gasteiger charge is 2.26. The molecule has 2 rings (SSSR count). The molecule has 2 nitrogen and oxygen atoms in total. The molecule has 0 aromatic heterocycles. The zero-order chi connectivity index (χ0) is 12.6. The maximum atomic E-state index is 5.92. The van der Waals surface area contributed by atoms with E-state index in [4.69, 9.17) is 5.73 Å². The maximum Gasteiger partial charge on any atom is 0.0377 e. The molecule has 1 aliphatic rings. The lowest BCUT2D eigenvalue weighted by Crippen LogP contribution is -2.19. The van der Waals surface area contributed by atoms with Crippen LogP contribution >= 0.6 is 15.9 Å². The van der Waals surface area contributed by atoms with Crippen molar-refractivity contribution in [2.24, 2.45) is 17.6 Å². The summed E-state index contributed by atoms with van der Waals surface area (Å²) in [4.78, 5) is 2.46. The highest BCUT2D eigenvalue weighted by atomic mass is 79.9. The third kappa shape index (κ3) is 2.66. The van der Waals surface area contributed by atoms with Gasteiger partial charge in [-0.15, -0.1) is 0 Å². The summed E-state index contributed by atoms with van der Waals surface area (Å²) < 4.78 is 1.12. The van der Waals surface area contributed by atoms with Crippen LogP contribution in [0.1, 0.15) is 32.4 Å². The molecule has 0 spiro atoms. The van der Waals surface area contributed by atoms with Crippen molar-refractivity contribution in [1.29, 1.82) is 0 Å². The average molecular weight is 297 g/mol. The monoisotopic (exact) mass is 296 g/mol. The predicted molar refractivity (Wildman–Crippen MR) is 77.3 cm³/mol. The summed E-state index contributed by atoms with van der Waals surface area (Å²) in [6.45, 7) is 8.99. The Morgan fingerprint density at radius 2 is 1.88 bits per heavy atom. The number of nitrogens with two attached hydrogens (primary N) is 1. The van der Waals surface area contributed by atoms with Crippen LogP contribution in [0.4, 0.5) is 5.69 Å². The molecule has 1 fully saturated rings. The molecule has 0 bridgehead atoms. The normalized spacial score (nSPS) is 26.3. The van der Waals surface area contributed by atoms with E-state index in [-0.39, 0.29) is 6.04 Å². The highest BCUT2D eigenvalue weighted by molar-refractivity contribution is 9.10. The van der Waals surface area contributed by atoms with Crippen molar-refractivity contribution >= 4 is 21.6 Å². The van der Waals surface area contributed by atoms with Gasteiger partial charge in [0.15, 0.2) is 0 Å². The first-order chi connectivity index (χ1) is 7.99. The molecule has 94 valence electrons. The summed E-state index contributed by atoms with van der Waals surface area (Å²) in [7, 11) is 0. The Morgan fingerprint density at radius 3 is 2.35 bits per heavy atom. The number of halogens is 1. The van der Waals surface area contributed by atoms with Gasteiger partial charge in [-0.2, -0.15) is 0 Å². The summed E-state index contributed by atoms with van der Waals surface area (Å²) >= 11 is 3.62. The van der Waals surface area contributed by atoms with E-state index in [1.54, 1.807) is 0 Å². The van der Waals surface area contributed by atoms with Crippen molar-refractivity contribution in [2.75, 3.05) is 18.0 Å². The van der Waals surface area contributed by atoms with Crippen LogP contribution in [-0.4, -0.2) is 13.1 Å². The lowest BCUT2D eigenvalue weighted by molar-refractivity contribution is 0.494. The molecular weight excluding hydrogens is 276 g/mol. The van der Waals surface area contributed by atoms with Gasteiger partial charge in [-0.25, -0.2) is 0 Å². The molecule has 1 aromatic carbocycles. The van der Waals surface area contributed by atoms with Gasteiger partial charge < -0.3 is 10.6 Å². The smallest absolute Gasteiger partial charge is 0.0377 e. The molecule has 0 amide bonds. The molecule has 0 aliphatic carbocycles. The SMILES string of the molecule is CC(N)c1ccc(N2CC(C)C(C)C2)cc1Br. The standard InChI is InChI=1S/C14H21BrN2/c1-9-7-17(8-10(9)2)12-4-5-13(11(3)16)14(15)6-12/h4-6,9-11H,7-8,16H2,1-3H3. The Bertz CT molecular complexity index is 393. The predicted octanol–water partition coefficient (Wildman–Crippen LogP) is 3.56. The zero-order valence-corrected chi connectivity index (χ0v) is 12.4. The van der Waals surface area contributed by atoms with E-state index in [0.717, 1.165) is 29.4 Å². The molecule has 1 heterocycles. The van der Waals surface area contributed by atoms with Gasteiger partial charge in [-0.3, -0.25) is 0 Å². The lowest BCUT2D eigenvalue weighted by atomic mass is 10.0. The maximum absolute atomic E-state index is 5.92. The van der Waals surface area contributed by atoms with Crippen molar-refractivity contribution in [3.8, 4) is 0 Å². The summed E-state index contributed by atoms with van der Waals surface area (Å²) in [5, 5.41) is 0. The second-order valence-electron chi connectivity index (χ2n) is 5.35. The van der Waals surface area contributed by atoms with Crippen molar-refractivity contribution in [1.82, 2.24) is 0 Å². The number of nitrogens with zero attached hydrogens (tertiary/aromatic N) is 1. The fourth-order valence-corrected chi connectivity index (χ4v) is 3.15. The van der Waals surface area contributed by atoms with E-state index < -0.39 is 0 Å². The van der Waals surface area contributed by atoms with Crippen LogP contribution < -0.4 is 10.6 Å². The van der Waals surface area contributed by atoms with Gasteiger partial charge in [0.05, 0.1) is 0 Å². The third-order valence-corrected chi connectivity index (χ3v) is 4.51. The number of hydrogen-bond donors (Lipinski definition) is 1. The lowest BCUT2D eigenvalue weighted by Gasteiger charge is -2.20. The van der Waals surface area contributed by atoms with E-state index in [1.165, 1.54) is 11.3 Å². The van der Waals surface area contributed by atoms with Crippen molar-refractivity contribution < 1.29 is 0 Å². The number of hydrogen-bond acceptors (Lipinski definition) is 2. The van der Waals surface area contributed by atoms with Gasteiger partial charge in [0, 0.05) is 29.3 Å². The van der Waals surface area contributed by atoms with Crippen LogP contribution in [0.25, 0.3) is 0 Å². The number of benzene rings is 1. The van der Waals surface area contributed by atoms with Crippen LogP contribution in [0.5, 0.6) is 0 Å². The van der Waals surface area contributed by atoms with Gasteiger partial charge in [0.1, 0.15) is 0 Å². The first kappa shape index (κ1) is 12.9. The van der Waals surface area contributed by atoms with Crippen LogP contribution in [0.3, 0.4) is 0 Å². The van der Waals surface area contributed by atoms with Crippen LogP contribution in [0.15, 0.2) is 22.7 Å². The van der Waals surface area contributed by atoms with E-state index in [0.29, 0.717) is 0 Å². The van der Waals surface area contributed by atoms with Gasteiger partial charge >= 0.3 is 0 Å². The average Bonchev–Trinajstić information content (AvgIpc) is 2.58. The van der Waals surface area contributed by atoms with E-state index in [2.05, 4.69) is 52.9 Å². The minimum atomic E-state index is 0.0786. The molecule has 1 saturated heterocycles. The third-order valence-electron chi connectivity index (χ3n) is 3.83. The minimum Gasteiger partial charge on any atom is -0.371 e. The van der Waals surface area contributed by atoms with Gasteiger partial charge in [-0.05, 0) is 36.5 Å². The topological polar surface area (TPSA) is 29.3 Å². The number of anilines is 1. The molecule has 1 aliphatic heterocycles. The van der Waals surface area contributed by atoms with Crippen molar-refractivity contribution in [3.05, 3.63) is 28.2 Å². The fraction of sp³-hybridized carbons (Fsp3) is 0.571. The fourth-order valence-electron chi connectivity index (χ4n) is 2.42. The van der Waals surface area contributed by atoms with Crippen LogP contribution in [0, 0.1) is 11.8 Å². The summed E-state index contributed by atoms with van der Waals surface area (Å²) in [5.74, 6) is 1.56. The molecule has 3 heteroatoms. The molecule has 3 unspecified atom stereocenters. The summed E-state index contributed by atoms with van der Waals surface area (Å²) in [6.07, 6.45) is 0. The van der Waals surface area contributed by atoms with Crippen molar-refractivity contribution in [3.63, 3.8) is 0 Å². The second-order valence-corrected chi connectivity index (χ2v) is 6.21. The quantitative estimate of drug-likeness (QED) is 0.904. The zero-order valence-electron chi connectivity index (χ0n) is 10.8. The van der Waals surface area contributed by atoms with Gasteiger partial charge in [0.25, 0.3) is 0 Å². The highest BCUT2D eigenvalue weighted by Crippen LogP contribution is 2.32. The summed E-state index contributed by atoms with van der Waals surface area (Å²) in [5.41, 5.74) is 8.40. The van der Waals surface area contributed by atoms with E-state index in [9.17, 15) is 0 Å². The Hall–Kier alpha value is -0.540. The van der Waals surface area contributed by atoms with Crippen molar-refractivity contribution in [2.45, 2.75) is 26.8 Å². The van der Waals surface area contributed by atoms with Gasteiger partial charge in [0.2, 0.25) is 0 Å². The molecule has 1 aromatic rings. The molecule has 0 radical (unpaired) electrons. The Labute approximate surface area is 112 Å². The molecule has 17 heavy (non-hydrogen) atoms. The van der Waals surface area contributed by atoms with Gasteiger partial charge in [-0.1, -0.05) is 35.8 Å². The van der Waals surface area contributed by atoms with E-state index >= 15 is 0 Å². The molecule has 2 N–H and O–H groups in total. The molecule has 3 atom stereocenters. The minimum absolute atomic E-state index is 0.0786.